The predicted molar refractivity (Wildman–Crippen MR) is 127 cm³/mol. The summed E-state index contributed by atoms with van der Waals surface area (Å²) in [5.74, 6) is -0.129. The number of carbonyl (C=O) groups excluding carboxylic acids is 2. The van der Waals surface area contributed by atoms with E-state index in [0.717, 1.165) is 38.5 Å². The summed E-state index contributed by atoms with van der Waals surface area (Å²) in [7, 11) is 0. The maximum absolute atomic E-state index is 12.6. The van der Waals surface area contributed by atoms with Crippen LogP contribution in [0, 0.1) is 5.92 Å². The Morgan fingerprint density at radius 1 is 0.742 bits per heavy atom. The van der Waals surface area contributed by atoms with Crippen LogP contribution in [0.1, 0.15) is 129 Å². The van der Waals surface area contributed by atoms with Crippen LogP contribution in [-0.2, 0) is 14.3 Å². The Labute approximate surface area is 191 Å². The summed E-state index contributed by atoms with van der Waals surface area (Å²) < 4.78 is 10.5. The van der Waals surface area contributed by atoms with Gasteiger partial charge in [0.05, 0.1) is 13.2 Å². The molecule has 0 bridgehead atoms. The lowest BCUT2D eigenvalue weighted by Crippen LogP contribution is -2.47. The molecule has 1 aliphatic carbocycles. The van der Waals surface area contributed by atoms with E-state index in [4.69, 9.17) is 9.47 Å². The fourth-order valence-corrected chi connectivity index (χ4v) is 4.52. The summed E-state index contributed by atoms with van der Waals surface area (Å²) in [6, 6.07) is -0.568. The molecule has 1 rings (SSSR count). The highest BCUT2D eigenvalue weighted by molar-refractivity contribution is 5.81. The lowest BCUT2D eigenvalue weighted by molar-refractivity contribution is -0.148. The molecule has 0 saturated heterocycles. The normalized spacial score (nSPS) is 15.4. The van der Waals surface area contributed by atoms with Crippen molar-refractivity contribution in [3.63, 3.8) is 0 Å². The van der Waals surface area contributed by atoms with E-state index >= 15 is 0 Å². The molecule has 1 amide bonds. The molecule has 0 aromatic rings. The van der Waals surface area contributed by atoms with Gasteiger partial charge in [0.1, 0.15) is 6.04 Å². The second kappa shape index (κ2) is 19.4. The van der Waals surface area contributed by atoms with Crippen LogP contribution in [0.25, 0.3) is 0 Å². The second-order valence-electron chi connectivity index (χ2n) is 9.15. The van der Waals surface area contributed by atoms with Crippen LogP contribution >= 0.6 is 0 Å². The number of nitrogens with one attached hydrogen (secondary N) is 1. The largest absolute Gasteiger partial charge is 0.464 e. The third kappa shape index (κ3) is 14.4. The van der Waals surface area contributed by atoms with Crippen molar-refractivity contribution in [2.75, 3.05) is 13.2 Å². The van der Waals surface area contributed by atoms with Gasteiger partial charge >= 0.3 is 12.1 Å². The quantitative estimate of drug-likeness (QED) is 0.179. The Balaban J connectivity index is 2.08. The average molecular weight is 440 g/mol. The van der Waals surface area contributed by atoms with Gasteiger partial charge in [0, 0.05) is 0 Å². The number of amides is 1. The van der Waals surface area contributed by atoms with Crippen molar-refractivity contribution in [1.29, 1.82) is 0 Å². The van der Waals surface area contributed by atoms with Crippen LogP contribution in [0.3, 0.4) is 0 Å². The fourth-order valence-electron chi connectivity index (χ4n) is 4.52. The smallest absolute Gasteiger partial charge is 0.407 e. The van der Waals surface area contributed by atoms with Gasteiger partial charge in [-0.15, -0.1) is 0 Å². The standard InChI is InChI=1S/C26H49NO4/c1-3-5-6-7-8-9-10-11-12-13-14-15-19-22-31-25(28)24(27-26(29)30-4-2)23-20-17-16-18-21-23/h23-24H,3-22H2,1-2H3,(H,27,29). The first-order valence-electron chi connectivity index (χ1n) is 13.3. The summed E-state index contributed by atoms with van der Waals surface area (Å²) in [5, 5.41) is 2.75. The minimum Gasteiger partial charge on any atom is -0.464 e. The number of carbonyl (C=O) groups is 2. The number of hydrogen-bond acceptors (Lipinski definition) is 4. The number of rotatable bonds is 18. The Morgan fingerprint density at radius 2 is 1.26 bits per heavy atom. The van der Waals surface area contributed by atoms with E-state index in [0.29, 0.717) is 13.2 Å². The highest BCUT2D eigenvalue weighted by Crippen LogP contribution is 2.27. The van der Waals surface area contributed by atoms with Gasteiger partial charge in [-0.25, -0.2) is 9.59 Å². The van der Waals surface area contributed by atoms with Crippen molar-refractivity contribution in [3.8, 4) is 0 Å². The van der Waals surface area contributed by atoms with Crippen LogP contribution in [0.15, 0.2) is 0 Å². The molecule has 1 atom stereocenters. The van der Waals surface area contributed by atoms with Gasteiger partial charge in [-0.05, 0) is 32.1 Å². The van der Waals surface area contributed by atoms with Crippen LogP contribution in [0.5, 0.6) is 0 Å². The summed E-state index contributed by atoms with van der Waals surface area (Å²) >= 11 is 0. The second-order valence-corrected chi connectivity index (χ2v) is 9.15. The molecule has 1 unspecified atom stereocenters. The number of hydrogen-bond donors (Lipinski definition) is 1. The highest BCUT2D eigenvalue weighted by Gasteiger charge is 2.32. The lowest BCUT2D eigenvalue weighted by Gasteiger charge is -2.29. The summed E-state index contributed by atoms with van der Waals surface area (Å²) in [4.78, 5) is 24.5. The van der Waals surface area contributed by atoms with E-state index in [1.807, 2.05) is 0 Å². The van der Waals surface area contributed by atoms with Gasteiger partial charge < -0.3 is 14.8 Å². The molecule has 0 aromatic carbocycles. The topological polar surface area (TPSA) is 64.6 Å². The van der Waals surface area contributed by atoms with Crippen molar-refractivity contribution < 1.29 is 19.1 Å². The molecule has 1 aliphatic rings. The van der Waals surface area contributed by atoms with Crippen LogP contribution in [0.2, 0.25) is 0 Å². The van der Waals surface area contributed by atoms with Gasteiger partial charge in [-0.2, -0.15) is 0 Å². The first-order chi connectivity index (χ1) is 15.2. The number of esters is 1. The third-order valence-corrected chi connectivity index (χ3v) is 6.42. The molecule has 0 aromatic heterocycles. The first-order valence-corrected chi connectivity index (χ1v) is 13.3. The minimum absolute atomic E-state index is 0.164. The van der Waals surface area contributed by atoms with E-state index < -0.39 is 12.1 Å². The molecule has 1 saturated carbocycles. The summed E-state index contributed by atoms with van der Waals surface area (Å²) in [6.45, 7) is 4.78. The SMILES string of the molecule is CCCCCCCCCCCCCCCOC(=O)C(NC(=O)OCC)C1CCCCC1. The Hall–Kier alpha value is -1.26. The maximum Gasteiger partial charge on any atom is 0.407 e. The van der Waals surface area contributed by atoms with Gasteiger partial charge in [-0.1, -0.05) is 103 Å². The van der Waals surface area contributed by atoms with E-state index in [1.54, 1.807) is 6.92 Å². The molecular weight excluding hydrogens is 390 g/mol. The molecule has 0 aliphatic heterocycles. The molecule has 1 N–H and O–H groups in total. The zero-order valence-electron chi connectivity index (χ0n) is 20.4. The summed E-state index contributed by atoms with van der Waals surface area (Å²) in [5.41, 5.74) is 0. The van der Waals surface area contributed by atoms with Crippen molar-refractivity contribution in [2.24, 2.45) is 5.92 Å². The molecule has 5 heteroatoms. The Bertz CT molecular complexity index is 449. The Kier molecular flexibility index (Phi) is 17.4. The molecular formula is C26H49NO4. The zero-order valence-corrected chi connectivity index (χ0v) is 20.4. The maximum atomic E-state index is 12.6. The van der Waals surface area contributed by atoms with Crippen LogP contribution in [-0.4, -0.2) is 31.3 Å². The predicted octanol–water partition coefficient (Wildman–Crippen LogP) is 7.32. The van der Waals surface area contributed by atoms with Gasteiger partial charge in [0.2, 0.25) is 0 Å². The van der Waals surface area contributed by atoms with Crippen molar-refractivity contribution >= 4 is 12.1 Å². The van der Waals surface area contributed by atoms with Crippen molar-refractivity contribution in [1.82, 2.24) is 5.32 Å². The average Bonchev–Trinajstić information content (AvgIpc) is 2.78. The molecule has 31 heavy (non-hydrogen) atoms. The van der Waals surface area contributed by atoms with Gasteiger partial charge in [0.15, 0.2) is 0 Å². The van der Waals surface area contributed by atoms with Crippen molar-refractivity contribution in [3.05, 3.63) is 0 Å². The van der Waals surface area contributed by atoms with Crippen LogP contribution < -0.4 is 5.32 Å². The zero-order chi connectivity index (χ0) is 22.6. The van der Waals surface area contributed by atoms with Crippen molar-refractivity contribution in [2.45, 2.75) is 135 Å². The number of alkyl carbamates (subject to hydrolysis) is 1. The van der Waals surface area contributed by atoms with Gasteiger partial charge in [-0.3, -0.25) is 0 Å². The lowest BCUT2D eigenvalue weighted by atomic mass is 9.84. The highest BCUT2D eigenvalue weighted by atomic mass is 16.6. The van der Waals surface area contributed by atoms with E-state index in [2.05, 4.69) is 12.2 Å². The molecule has 182 valence electrons. The molecule has 0 spiro atoms. The van der Waals surface area contributed by atoms with Gasteiger partial charge in [0.25, 0.3) is 0 Å². The minimum atomic E-state index is -0.568. The monoisotopic (exact) mass is 439 g/mol. The number of unbranched alkanes of at least 4 members (excludes halogenated alkanes) is 12. The molecule has 1 fully saturated rings. The van der Waals surface area contributed by atoms with Crippen LogP contribution in [0.4, 0.5) is 4.79 Å². The Morgan fingerprint density at radius 3 is 1.77 bits per heavy atom. The van der Waals surface area contributed by atoms with E-state index in [1.165, 1.54) is 77.0 Å². The van der Waals surface area contributed by atoms with E-state index in [9.17, 15) is 9.59 Å². The number of ether oxygens (including phenoxy) is 2. The molecule has 0 radical (unpaired) electrons. The van der Waals surface area contributed by atoms with E-state index in [-0.39, 0.29) is 11.9 Å². The third-order valence-electron chi connectivity index (χ3n) is 6.42. The first kappa shape index (κ1) is 27.8. The fraction of sp³-hybridized carbons (Fsp3) is 0.923. The molecule has 5 nitrogen and oxygen atoms in total. The summed E-state index contributed by atoms with van der Waals surface area (Å²) in [6.07, 6.45) is 21.7. The molecule has 0 heterocycles.